The van der Waals surface area contributed by atoms with Crippen LogP contribution in [0.25, 0.3) is 0 Å². The van der Waals surface area contributed by atoms with Gasteiger partial charge in [0.05, 0.1) is 11.3 Å². The summed E-state index contributed by atoms with van der Waals surface area (Å²) >= 11 is 3.25. The molecule has 0 aromatic heterocycles. The Morgan fingerprint density at radius 1 is 1.10 bits per heavy atom. The number of hydrogen-bond acceptors (Lipinski definition) is 2. The van der Waals surface area contributed by atoms with Crippen LogP contribution in [0, 0.1) is 5.92 Å². The Morgan fingerprint density at radius 3 is 2.33 bits per heavy atom. The quantitative estimate of drug-likeness (QED) is 0.843. The molecule has 0 heterocycles. The molecule has 0 bridgehead atoms. The Kier molecular flexibility index (Phi) is 5.79. The number of nitrogens with one attached hydrogen (secondary N) is 1. The van der Waals surface area contributed by atoms with Crippen LogP contribution in [0.4, 0.5) is 5.69 Å². The molecule has 1 saturated carbocycles. The lowest BCUT2D eigenvalue weighted by Crippen LogP contribution is -2.24. The normalized spacial score (nSPS) is 16.8. The van der Waals surface area contributed by atoms with Crippen molar-refractivity contribution in [1.82, 2.24) is 0 Å². The summed E-state index contributed by atoms with van der Waals surface area (Å²) in [6.45, 7) is 0. The van der Waals surface area contributed by atoms with E-state index in [1.54, 1.807) is 12.1 Å². The second-order valence-corrected chi connectivity index (χ2v) is 6.44. The molecule has 1 aromatic carbocycles. The molecular formula is C16H20BrNO3. The molecule has 0 radical (unpaired) electrons. The summed E-state index contributed by atoms with van der Waals surface area (Å²) in [5.41, 5.74) is 0.487. The smallest absolute Gasteiger partial charge is 0.337 e. The summed E-state index contributed by atoms with van der Waals surface area (Å²) in [4.78, 5) is 23.6. The number of amides is 1. The first kappa shape index (κ1) is 16.0. The standard InChI is InChI=1S/C16H20BrNO3/c17-12-8-9-14(13(10-12)16(20)21)18-15(19)11-6-4-2-1-3-5-7-11/h8-11H,1-7H2,(H,18,19)(H,20,21). The van der Waals surface area contributed by atoms with Crippen LogP contribution in [0.5, 0.6) is 0 Å². The van der Waals surface area contributed by atoms with Gasteiger partial charge >= 0.3 is 5.97 Å². The molecule has 5 heteroatoms. The molecule has 21 heavy (non-hydrogen) atoms. The van der Waals surface area contributed by atoms with Crippen LogP contribution in [0.3, 0.4) is 0 Å². The van der Waals surface area contributed by atoms with Gasteiger partial charge in [-0.05, 0) is 31.0 Å². The van der Waals surface area contributed by atoms with E-state index in [1.807, 2.05) is 0 Å². The monoisotopic (exact) mass is 353 g/mol. The largest absolute Gasteiger partial charge is 0.478 e. The van der Waals surface area contributed by atoms with E-state index in [0.717, 1.165) is 25.7 Å². The van der Waals surface area contributed by atoms with E-state index in [4.69, 9.17) is 0 Å². The molecule has 114 valence electrons. The minimum absolute atomic E-state index is 0.00408. The number of carboxylic acid groups (broad SMARTS) is 1. The topological polar surface area (TPSA) is 66.4 Å². The van der Waals surface area contributed by atoms with E-state index in [1.165, 1.54) is 25.3 Å². The predicted molar refractivity (Wildman–Crippen MR) is 85.5 cm³/mol. The summed E-state index contributed by atoms with van der Waals surface area (Å²) in [7, 11) is 0. The number of carbonyl (C=O) groups excluding carboxylic acids is 1. The summed E-state index contributed by atoms with van der Waals surface area (Å²) in [6.07, 6.45) is 7.55. The number of anilines is 1. The minimum atomic E-state index is -1.04. The molecular weight excluding hydrogens is 334 g/mol. The van der Waals surface area contributed by atoms with Crippen LogP contribution in [0.1, 0.15) is 55.3 Å². The number of carbonyl (C=O) groups is 2. The maximum absolute atomic E-state index is 12.4. The van der Waals surface area contributed by atoms with Gasteiger partial charge in [0.2, 0.25) is 5.91 Å². The van der Waals surface area contributed by atoms with Crippen molar-refractivity contribution in [3.63, 3.8) is 0 Å². The third kappa shape index (κ3) is 4.56. The number of carboxylic acids is 1. The van der Waals surface area contributed by atoms with Crippen molar-refractivity contribution in [1.29, 1.82) is 0 Å². The van der Waals surface area contributed by atoms with Crippen molar-refractivity contribution in [2.24, 2.45) is 5.92 Å². The maximum Gasteiger partial charge on any atom is 0.337 e. The van der Waals surface area contributed by atoms with Crippen molar-refractivity contribution < 1.29 is 14.7 Å². The Balaban J connectivity index is 2.09. The molecule has 2 rings (SSSR count). The van der Waals surface area contributed by atoms with Gasteiger partial charge < -0.3 is 10.4 Å². The third-order valence-corrected chi connectivity index (χ3v) is 4.44. The molecule has 1 fully saturated rings. The highest BCUT2D eigenvalue weighted by Gasteiger charge is 2.21. The van der Waals surface area contributed by atoms with Crippen molar-refractivity contribution >= 4 is 33.5 Å². The van der Waals surface area contributed by atoms with E-state index >= 15 is 0 Å². The fraction of sp³-hybridized carbons (Fsp3) is 0.500. The SMILES string of the molecule is O=C(O)c1cc(Br)ccc1NC(=O)C1CCCCCCC1. The molecule has 1 amide bonds. The van der Waals surface area contributed by atoms with E-state index in [0.29, 0.717) is 10.2 Å². The van der Waals surface area contributed by atoms with Crippen LogP contribution in [-0.4, -0.2) is 17.0 Å². The lowest BCUT2D eigenvalue weighted by Gasteiger charge is -2.19. The average Bonchev–Trinajstić information content (AvgIpc) is 2.40. The van der Waals surface area contributed by atoms with E-state index < -0.39 is 5.97 Å². The fourth-order valence-electron chi connectivity index (χ4n) is 2.76. The van der Waals surface area contributed by atoms with E-state index in [-0.39, 0.29) is 17.4 Å². The van der Waals surface area contributed by atoms with E-state index in [9.17, 15) is 14.7 Å². The first-order valence-corrected chi connectivity index (χ1v) is 8.21. The molecule has 0 atom stereocenters. The molecule has 0 aliphatic heterocycles. The minimum Gasteiger partial charge on any atom is -0.478 e. The van der Waals surface area contributed by atoms with Gasteiger partial charge in [-0.25, -0.2) is 4.79 Å². The number of rotatable bonds is 3. The second-order valence-electron chi connectivity index (χ2n) is 5.53. The van der Waals surface area contributed by atoms with Crippen molar-refractivity contribution in [3.05, 3.63) is 28.2 Å². The van der Waals surface area contributed by atoms with Crippen LogP contribution >= 0.6 is 15.9 Å². The zero-order valence-electron chi connectivity index (χ0n) is 11.9. The molecule has 1 aliphatic carbocycles. The first-order valence-electron chi connectivity index (χ1n) is 7.41. The first-order chi connectivity index (χ1) is 10.1. The highest BCUT2D eigenvalue weighted by Crippen LogP contribution is 2.26. The van der Waals surface area contributed by atoms with Gasteiger partial charge in [0.15, 0.2) is 0 Å². The maximum atomic E-state index is 12.4. The van der Waals surface area contributed by atoms with Gasteiger partial charge in [0, 0.05) is 10.4 Å². The van der Waals surface area contributed by atoms with Gasteiger partial charge in [-0.2, -0.15) is 0 Å². The third-order valence-electron chi connectivity index (χ3n) is 3.95. The van der Waals surface area contributed by atoms with Gasteiger partial charge in [-0.1, -0.05) is 48.0 Å². The Labute approximate surface area is 133 Å². The van der Waals surface area contributed by atoms with Gasteiger partial charge in [0.1, 0.15) is 0 Å². The predicted octanol–water partition coefficient (Wildman–Crippen LogP) is 4.45. The van der Waals surface area contributed by atoms with E-state index in [2.05, 4.69) is 21.2 Å². The second kappa shape index (κ2) is 7.59. The summed E-state index contributed by atoms with van der Waals surface area (Å²) in [5, 5.41) is 12.0. The zero-order valence-corrected chi connectivity index (χ0v) is 13.5. The number of aromatic carboxylic acids is 1. The summed E-state index contributed by atoms with van der Waals surface area (Å²) < 4.78 is 0.684. The lowest BCUT2D eigenvalue weighted by atomic mass is 9.90. The highest BCUT2D eigenvalue weighted by atomic mass is 79.9. The Morgan fingerprint density at radius 2 is 1.71 bits per heavy atom. The van der Waals surface area contributed by atoms with Crippen molar-refractivity contribution in [3.8, 4) is 0 Å². The fourth-order valence-corrected chi connectivity index (χ4v) is 3.12. The molecule has 0 saturated heterocycles. The average molecular weight is 354 g/mol. The molecule has 2 N–H and O–H groups in total. The van der Waals surface area contributed by atoms with Gasteiger partial charge in [-0.3, -0.25) is 4.79 Å². The highest BCUT2D eigenvalue weighted by molar-refractivity contribution is 9.10. The Bertz CT molecular complexity index is 522. The molecule has 0 spiro atoms. The van der Waals surface area contributed by atoms with Crippen LogP contribution in [-0.2, 0) is 4.79 Å². The molecule has 1 aliphatic rings. The van der Waals surface area contributed by atoms with Gasteiger partial charge in [0.25, 0.3) is 0 Å². The molecule has 0 unspecified atom stereocenters. The van der Waals surface area contributed by atoms with Gasteiger partial charge in [-0.15, -0.1) is 0 Å². The van der Waals surface area contributed by atoms with Crippen LogP contribution in [0.2, 0.25) is 0 Å². The number of halogens is 1. The summed E-state index contributed by atoms with van der Waals surface area (Å²) in [6, 6.07) is 4.88. The lowest BCUT2D eigenvalue weighted by molar-refractivity contribution is -0.120. The summed E-state index contributed by atoms with van der Waals surface area (Å²) in [5.74, 6) is -1.10. The van der Waals surface area contributed by atoms with Crippen LogP contribution < -0.4 is 5.32 Å². The van der Waals surface area contributed by atoms with Crippen LogP contribution in [0.15, 0.2) is 22.7 Å². The van der Waals surface area contributed by atoms with Crippen molar-refractivity contribution in [2.75, 3.05) is 5.32 Å². The Hall–Kier alpha value is -1.36. The van der Waals surface area contributed by atoms with Crippen molar-refractivity contribution in [2.45, 2.75) is 44.9 Å². The molecule has 4 nitrogen and oxygen atoms in total. The zero-order chi connectivity index (χ0) is 15.2. The molecule has 1 aromatic rings. The number of hydrogen-bond donors (Lipinski definition) is 2. The number of benzene rings is 1.